The molecule has 0 saturated carbocycles. The van der Waals surface area contributed by atoms with E-state index in [0.29, 0.717) is 18.2 Å². The molecule has 0 fully saturated rings. The van der Waals surface area contributed by atoms with Gasteiger partial charge in [-0.25, -0.2) is 4.98 Å². The number of ether oxygens (including phenoxy) is 2. The van der Waals surface area contributed by atoms with E-state index in [9.17, 15) is 4.79 Å². The summed E-state index contributed by atoms with van der Waals surface area (Å²) < 4.78 is 13.9. The van der Waals surface area contributed by atoms with Crippen LogP contribution in [0.15, 0.2) is 42.5 Å². The van der Waals surface area contributed by atoms with Crippen LogP contribution in [0.25, 0.3) is 15.3 Å². The molecule has 0 aliphatic heterocycles. The number of nitrogens with zero attached hydrogens (tertiary/aromatic N) is 3. The maximum atomic E-state index is 12.6. The Morgan fingerprint density at radius 1 is 1.06 bits per heavy atom. The Balaban J connectivity index is 1.31. The Morgan fingerprint density at radius 2 is 1.76 bits per heavy atom. The third-order valence-corrected chi connectivity index (χ3v) is 6.62. The van der Waals surface area contributed by atoms with Crippen LogP contribution in [-0.2, 0) is 17.6 Å². The van der Waals surface area contributed by atoms with Gasteiger partial charge in [-0.05, 0) is 87.1 Å². The molecule has 2 aromatic heterocycles. The van der Waals surface area contributed by atoms with E-state index in [1.54, 1.807) is 28.2 Å². The highest BCUT2D eigenvalue weighted by Crippen LogP contribution is 2.32. The van der Waals surface area contributed by atoms with E-state index in [4.69, 9.17) is 14.5 Å². The Kier molecular flexibility index (Phi) is 6.00. The fourth-order valence-electron chi connectivity index (χ4n) is 4.09. The molecule has 7 nitrogen and oxygen atoms in total. The molecule has 2 aromatic carbocycles. The van der Waals surface area contributed by atoms with Gasteiger partial charge in [-0.15, -0.1) is 0 Å². The first-order valence-corrected chi connectivity index (χ1v) is 12.1. The SMILES string of the molecule is CCOc1ccc(OCC(=O)Nc2cc(C)nn2-c2nc3cc4c(cc3s2)CCCC4)cc1. The highest BCUT2D eigenvalue weighted by Gasteiger charge is 2.17. The number of aryl methyl sites for hydroxylation is 3. The maximum Gasteiger partial charge on any atom is 0.263 e. The number of anilines is 1. The number of benzene rings is 2. The van der Waals surface area contributed by atoms with Crippen molar-refractivity contribution in [2.24, 2.45) is 0 Å². The van der Waals surface area contributed by atoms with Gasteiger partial charge in [-0.1, -0.05) is 11.3 Å². The van der Waals surface area contributed by atoms with E-state index in [0.717, 1.165) is 39.6 Å². The molecule has 8 heteroatoms. The minimum Gasteiger partial charge on any atom is -0.494 e. The lowest BCUT2D eigenvalue weighted by molar-refractivity contribution is -0.118. The molecular weight excluding hydrogens is 436 g/mol. The van der Waals surface area contributed by atoms with Crippen molar-refractivity contribution in [1.29, 1.82) is 0 Å². The predicted octanol–water partition coefficient (Wildman–Crippen LogP) is 5.09. The van der Waals surface area contributed by atoms with Crippen LogP contribution in [0.5, 0.6) is 11.5 Å². The van der Waals surface area contributed by atoms with Gasteiger partial charge in [-0.3, -0.25) is 4.79 Å². The fourth-order valence-corrected chi connectivity index (χ4v) is 5.07. The van der Waals surface area contributed by atoms with Crippen molar-refractivity contribution in [1.82, 2.24) is 14.8 Å². The number of thiazole rings is 1. The van der Waals surface area contributed by atoms with Crippen LogP contribution < -0.4 is 14.8 Å². The number of nitrogens with one attached hydrogen (secondary N) is 1. The standard InChI is InChI=1S/C25H26N4O3S/c1-3-31-19-8-10-20(11-9-19)32-15-24(30)27-23-12-16(2)28-29(23)25-26-21-13-17-6-4-5-7-18(17)14-22(21)33-25/h8-14H,3-7,15H2,1-2H3,(H,27,30). The number of amides is 1. The highest BCUT2D eigenvalue weighted by molar-refractivity contribution is 7.20. The number of fused-ring (bicyclic) bond motifs is 2. The van der Waals surface area contributed by atoms with Crippen LogP contribution in [0.2, 0.25) is 0 Å². The first-order chi connectivity index (χ1) is 16.1. The Bertz CT molecular complexity index is 1250. The first-order valence-electron chi connectivity index (χ1n) is 11.2. The van der Waals surface area contributed by atoms with Gasteiger partial charge in [-0.2, -0.15) is 9.78 Å². The third-order valence-electron chi connectivity index (χ3n) is 5.63. The van der Waals surface area contributed by atoms with Crippen molar-refractivity contribution >= 4 is 33.3 Å². The summed E-state index contributed by atoms with van der Waals surface area (Å²) in [5, 5.41) is 8.22. The molecule has 2 heterocycles. The van der Waals surface area contributed by atoms with Gasteiger partial charge in [0.05, 0.1) is 22.5 Å². The monoisotopic (exact) mass is 462 g/mol. The summed E-state index contributed by atoms with van der Waals surface area (Å²) in [6, 6.07) is 13.5. The van der Waals surface area contributed by atoms with Crippen molar-refractivity contribution in [3.05, 3.63) is 59.3 Å². The van der Waals surface area contributed by atoms with Gasteiger partial charge in [0.1, 0.15) is 17.3 Å². The quantitative estimate of drug-likeness (QED) is 0.414. The second kappa shape index (κ2) is 9.23. The number of hydrogen-bond acceptors (Lipinski definition) is 6. The first kappa shape index (κ1) is 21.5. The topological polar surface area (TPSA) is 78.3 Å². The lowest BCUT2D eigenvalue weighted by Crippen LogP contribution is -2.21. The van der Waals surface area contributed by atoms with Crippen molar-refractivity contribution in [2.45, 2.75) is 39.5 Å². The second-order valence-electron chi connectivity index (χ2n) is 8.12. The van der Waals surface area contributed by atoms with Crippen LogP contribution in [-0.4, -0.2) is 33.9 Å². The van der Waals surface area contributed by atoms with Gasteiger partial charge < -0.3 is 14.8 Å². The zero-order valence-electron chi connectivity index (χ0n) is 18.8. The number of carbonyl (C=O) groups is 1. The molecular formula is C25H26N4O3S. The van der Waals surface area contributed by atoms with E-state index in [-0.39, 0.29) is 12.5 Å². The summed E-state index contributed by atoms with van der Waals surface area (Å²) in [6.45, 7) is 4.33. The minimum atomic E-state index is -0.262. The smallest absolute Gasteiger partial charge is 0.263 e. The summed E-state index contributed by atoms with van der Waals surface area (Å²) in [7, 11) is 0. The number of hydrogen-bond donors (Lipinski definition) is 1. The van der Waals surface area contributed by atoms with Crippen LogP contribution >= 0.6 is 11.3 Å². The van der Waals surface area contributed by atoms with E-state index in [1.807, 2.05) is 32.0 Å². The van der Waals surface area contributed by atoms with Gasteiger partial charge in [0, 0.05) is 6.07 Å². The van der Waals surface area contributed by atoms with Crippen LogP contribution in [0, 0.1) is 6.92 Å². The molecule has 170 valence electrons. The normalized spacial score (nSPS) is 13.0. The maximum absolute atomic E-state index is 12.6. The summed E-state index contributed by atoms with van der Waals surface area (Å²) in [6.07, 6.45) is 4.74. The average Bonchev–Trinajstić information content (AvgIpc) is 3.39. The second-order valence-corrected chi connectivity index (χ2v) is 9.13. The molecule has 0 saturated heterocycles. The van der Waals surface area contributed by atoms with Crippen LogP contribution in [0.1, 0.15) is 36.6 Å². The largest absolute Gasteiger partial charge is 0.494 e. The van der Waals surface area contributed by atoms with E-state index in [1.165, 1.54) is 24.0 Å². The fraction of sp³-hybridized carbons (Fsp3) is 0.320. The lowest BCUT2D eigenvalue weighted by Gasteiger charge is -2.14. The van der Waals surface area contributed by atoms with Crippen molar-refractivity contribution < 1.29 is 14.3 Å². The zero-order chi connectivity index (χ0) is 22.8. The van der Waals surface area contributed by atoms with Gasteiger partial charge in [0.2, 0.25) is 5.13 Å². The van der Waals surface area contributed by atoms with Gasteiger partial charge >= 0.3 is 0 Å². The molecule has 0 bridgehead atoms. The van der Waals surface area contributed by atoms with E-state index >= 15 is 0 Å². The van der Waals surface area contributed by atoms with E-state index < -0.39 is 0 Å². The Labute approximate surface area is 196 Å². The summed E-state index contributed by atoms with van der Waals surface area (Å²) in [5.74, 6) is 1.69. The molecule has 1 amide bonds. The molecule has 0 spiro atoms. The molecule has 4 aromatic rings. The van der Waals surface area contributed by atoms with E-state index in [2.05, 4.69) is 22.5 Å². The molecule has 1 N–H and O–H groups in total. The average molecular weight is 463 g/mol. The van der Waals surface area contributed by atoms with Crippen LogP contribution in [0.4, 0.5) is 5.82 Å². The number of rotatable bonds is 7. The molecule has 33 heavy (non-hydrogen) atoms. The molecule has 1 aliphatic rings. The van der Waals surface area contributed by atoms with Crippen molar-refractivity contribution in [3.63, 3.8) is 0 Å². The van der Waals surface area contributed by atoms with Crippen molar-refractivity contribution in [2.75, 3.05) is 18.5 Å². The molecule has 0 unspecified atom stereocenters. The zero-order valence-corrected chi connectivity index (χ0v) is 19.6. The summed E-state index contributed by atoms with van der Waals surface area (Å²) in [4.78, 5) is 17.4. The lowest BCUT2D eigenvalue weighted by atomic mass is 9.92. The van der Waals surface area contributed by atoms with Gasteiger partial charge in [0.25, 0.3) is 5.91 Å². The number of aromatic nitrogens is 3. The van der Waals surface area contributed by atoms with Crippen molar-refractivity contribution in [3.8, 4) is 16.6 Å². The highest BCUT2D eigenvalue weighted by atomic mass is 32.1. The summed E-state index contributed by atoms with van der Waals surface area (Å²) >= 11 is 1.59. The Morgan fingerprint density at radius 3 is 2.48 bits per heavy atom. The molecule has 0 atom stereocenters. The van der Waals surface area contributed by atoms with Gasteiger partial charge in [0.15, 0.2) is 6.61 Å². The summed E-state index contributed by atoms with van der Waals surface area (Å²) in [5.41, 5.74) is 4.62. The minimum absolute atomic E-state index is 0.106. The molecule has 5 rings (SSSR count). The molecule has 1 aliphatic carbocycles. The Hall–Kier alpha value is -3.39. The predicted molar refractivity (Wildman–Crippen MR) is 130 cm³/mol. The molecule has 0 radical (unpaired) electrons. The number of carbonyl (C=O) groups excluding carboxylic acids is 1. The van der Waals surface area contributed by atoms with Crippen LogP contribution in [0.3, 0.4) is 0 Å². The third kappa shape index (κ3) is 4.71.